The van der Waals surface area contributed by atoms with E-state index in [1.54, 1.807) is 0 Å². The molecule has 114 valence electrons. The van der Waals surface area contributed by atoms with Gasteiger partial charge in [0.25, 0.3) is 5.91 Å². The first kappa shape index (κ1) is 16.1. The van der Waals surface area contributed by atoms with Crippen molar-refractivity contribution in [1.29, 1.82) is 0 Å². The van der Waals surface area contributed by atoms with Gasteiger partial charge in [-0.25, -0.2) is 0 Å². The molecule has 1 fully saturated rings. The Morgan fingerprint density at radius 3 is 2.76 bits per heavy atom. The van der Waals surface area contributed by atoms with Gasteiger partial charge in [0.1, 0.15) is 5.75 Å². The molecule has 2 amide bonds. The lowest BCUT2D eigenvalue weighted by molar-refractivity contribution is -0.127. The highest BCUT2D eigenvalue weighted by Crippen LogP contribution is 2.13. The van der Waals surface area contributed by atoms with Crippen LogP contribution in [-0.2, 0) is 9.59 Å². The van der Waals surface area contributed by atoms with Crippen molar-refractivity contribution in [3.63, 3.8) is 0 Å². The predicted octanol–water partition coefficient (Wildman–Crippen LogP) is 1.80. The number of ether oxygens (including phenoxy) is 1. The van der Waals surface area contributed by atoms with Gasteiger partial charge in [0.2, 0.25) is 5.91 Å². The van der Waals surface area contributed by atoms with Gasteiger partial charge in [-0.1, -0.05) is 0 Å². The predicted molar refractivity (Wildman–Crippen MR) is 88.1 cm³/mol. The zero-order valence-corrected chi connectivity index (χ0v) is 14.0. The summed E-state index contributed by atoms with van der Waals surface area (Å²) >= 11 is 2.22. The van der Waals surface area contributed by atoms with E-state index in [-0.39, 0.29) is 18.4 Å². The Hall–Kier alpha value is -1.31. The Labute approximate surface area is 138 Å². The molecule has 0 radical (unpaired) electrons. The van der Waals surface area contributed by atoms with E-state index >= 15 is 0 Å². The normalized spacial score (nSPS) is 14.3. The number of hydrogen-bond donors (Lipinski definition) is 1. The van der Waals surface area contributed by atoms with Crippen LogP contribution in [0.15, 0.2) is 24.3 Å². The van der Waals surface area contributed by atoms with Gasteiger partial charge < -0.3 is 15.0 Å². The second-order valence-electron chi connectivity index (χ2n) is 4.93. The Kier molecular flexibility index (Phi) is 6.28. The molecule has 0 spiro atoms. The minimum Gasteiger partial charge on any atom is -0.484 e. The molecule has 0 aromatic heterocycles. The number of nitrogens with zero attached hydrogens (tertiary/aromatic N) is 1. The molecule has 1 N–H and O–H groups in total. The van der Waals surface area contributed by atoms with E-state index in [0.29, 0.717) is 18.7 Å². The number of amides is 2. The highest BCUT2D eigenvalue weighted by atomic mass is 127. The average molecular weight is 402 g/mol. The standard InChI is InChI=1S/C15H19IN2O3/c16-12-4-6-13(7-5-12)21-11-14(19)17-8-2-10-18-9-1-3-15(18)20/h4-7H,1-3,8-11H2,(H,17,19). The first-order valence-corrected chi connectivity index (χ1v) is 8.16. The molecule has 1 aliphatic heterocycles. The summed E-state index contributed by atoms with van der Waals surface area (Å²) in [4.78, 5) is 24.9. The number of hydrogen-bond acceptors (Lipinski definition) is 3. The minimum atomic E-state index is -0.138. The quantitative estimate of drug-likeness (QED) is 0.559. The van der Waals surface area contributed by atoms with Crippen molar-refractivity contribution in [1.82, 2.24) is 10.2 Å². The van der Waals surface area contributed by atoms with Crippen LogP contribution in [0.4, 0.5) is 0 Å². The molecule has 5 nitrogen and oxygen atoms in total. The highest BCUT2D eigenvalue weighted by Gasteiger charge is 2.18. The van der Waals surface area contributed by atoms with Crippen LogP contribution < -0.4 is 10.1 Å². The van der Waals surface area contributed by atoms with Crippen LogP contribution in [0.3, 0.4) is 0 Å². The molecule has 0 atom stereocenters. The van der Waals surface area contributed by atoms with Gasteiger partial charge in [-0.3, -0.25) is 9.59 Å². The van der Waals surface area contributed by atoms with Crippen molar-refractivity contribution in [2.24, 2.45) is 0 Å². The van der Waals surface area contributed by atoms with E-state index in [1.807, 2.05) is 29.2 Å². The molecule has 1 aromatic rings. The molecule has 1 heterocycles. The molecular formula is C15H19IN2O3. The van der Waals surface area contributed by atoms with E-state index in [4.69, 9.17) is 4.74 Å². The van der Waals surface area contributed by atoms with E-state index < -0.39 is 0 Å². The molecule has 1 aromatic carbocycles. The second-order valence-corrected chi connectivity index (χ2v) is 6.18. The summed E-state index contributed by atoms with van der Waals surface area (Å²) < 4.78 is 6.52. The van der Waals surface area contributed by atoms with Crippen molar-refractivity contribution in [3.8, 4) is 5.75 Å². The Morgan fingerprint density at radius 1 is 1.33 bits per heavy atom. The summed E-state index contributed by atoms with van der Waals surface area (Å²) in [7, 11) is 0. The number of carbonyl (C=O) groups excluding carboxylic acids is 2. The van der Waals surface area contributed by atoms with Gasteiger partial charge in [0.05, 0.1) is 0 Å². The molecule has 1 saturated heterocycles. The highest BCUT2D eigenvalue weighted by molar-refractivity contribution is 14.1. The summed E-state index contributed by atoms with van der Waals surface area (Å²) in [5.41, 5.74) is 0. The van der Waals surface area contributed by atoms with Crippen molar-refractivity contribution < 1.29 is 14.3 Å². The fourth-order valence-electron chi connectivity index (χ4n) is 2.17. The van der Waals surface area contributed by atoms with Crippen molar-refractivity contribution in [3.05, 3.63) is 27.8 Å². The molecule has 0 aliphatic carbocycles. The third-order valence-corrected chi connectivity index (χ3v) is 4.00. The molecule has 2 rings (SSSR count). The molecule has 0 unspecified atom stereocenters. The maximum absolute atomic E-state index is 11.6. The van der Waals surface area contributed by atoms with Gasteiger partial charge in [-0.15, -0.1) is 0 Å². The first-order chi connectivity index (χ1) is 10.1. The molecule has 0 bridgehead atoms. The zero-order chi connectivity index (χ0) is 15.1. The van der Waals surface area contributed by atoms with E-state index in [1.165, 1.54) is 0 Å². The first-order valence-electron chi connectivity index (χ1n) is 7.08. The van der Waals surface area contributed by atoms with E-state index in [9.17, 15) is 9.59 Å². The number of carbonyl (C=O) groups is 2. The van der Waals surface area contributed by atoms with Crippen LogP contribution in [-0.4, -0.2) is 43.0 Å². The molecule has 1 aliphatic rings. The van der Waals surface area contributed by atoms with Gasteiger partial charge >= 0.3 is 0 Å². The number of likely N-dealkylation sites (tertiary alicyclic amines) is 1. The maximum atomic E-state index is 11.6. The topological polar surface area (TPSA) is 58.6 Å². The summed E-state index contributed by atoms with van der Waals surface area (Å²) in [5.74, 6) is 0.776. The minimum absolute atomic E-state index is 0.0171. The third-order valence-electron chi connectivity index (χ3n) is 3.28. The zero-order valence-electron chi connectivity index (χ0n) is 11.8. The Morgan fingerprint density at radius 2 is 2.10 bits per heavy atom. The van der Waals surface area contributed by atoms with Gasteiger partial charge in [-0.05, 0) is 59.7 Å². The third kappa shape index (κ3) is 5.53. The van der Waals surface area contributed by atoms with Gasteiger partial charge in [0.15, 0.2) is 6.61 Å². The molecule has 21 heavy (non-hydrogen) atoms. The van der Waals surface area contributed by atoms with Crippen LogP contribution in [0.2, 0.25) is 0 Å². The lowest BCUT2D eigenvalue weighted by Crippen LogP contribution is -2.33. The summed E-state index contributed by atoms with van der Waals surface area (Å²) in [6.45, 7) is 2.15. The van der Waals surface area contributed by atoms with Crippen LogP contribution in [0.25, 0.3) is 0 Å². The summed E-state index contributed by atoms with van der Waals surface area (Å²) in [6.07, 6.45) is 2.40. The molecular weight excluding hydrogens is 383 g/mol. The lowest BCUT2D eigenvalue weighted by atomic mass is 10.3. The maximum Gasteiger partial charge on any atom is 0.257 e. The Balaban J connectivity index is 1.57. The largest absolute Gasteiger partial charge is 0.484 e. The van der Waals surface area contributed by atoms with E-state index in [2.05, 4.69) is 27.9 Å². The van der Waals surface area contributed by atoms with Crippen molar-refractivity contribution >= 4 is 34.4 Å². The Bertz CT molecular complexity index is 490. The number of halogens is 1. The van der Waals surface area contributed by atoms with Crippen LogP contribution >= 0.6 is 22.6 Å². The second kappa shape index (κ2) is 8.21. The van der Waals surface area contributed by atoms with Crippen LogP contribution in [0.5, 0.6) is 5.75 Å². The van der Waals surface area contributed by atoms with Gasteiger partial charge in [-0.2, -0.15) is 0 Å². The van der Waals surface area contributed by atoms with Crippen LogP contribution in [0.1, 0.15) is 19.3 Å². The number of nitrogens with one attached hydrogen (secondary N) is 1. The molecule has 6 heteroatoms. The SMILES string of the molecule is O=C(COc1ccc(I)cc1)NCCCN1CCCC1=O. The van der Waals surface area contributed by atoms with Crippen molar-refractivity contribution in [2.75, 3.05) is 26.2 Å². The summed E-state index contributed by atoms with van der Waals surface area (Å²) in [5, 5.41) is 2.80. The monoisotopic (exact) mass is 402 g/mol. The number of benzene rings is 1. The lowest BCUT2D eigenvalue weighted by Gasteiger charge is -2.15. The van der Waals surface area contributed by atoms with Crippen molar-refractivity contribution in [2.45, 2.75) is 19.3 Å². The fraction of sp³-hybridized carbons (Fsp3) is 0.467. The smallest absolute Gasteiger partial charge is 0.257 e. The fourth-order valence-corrected chi connectivity index (χ4v) is 2.53. The summed E-state index contributed by atoms with van der Waals surface area (Å²) in [6, 6.07) is 7.55. The number of rotatable bonds is 7. The van der Waals surface area contributed by atoms with E-state index in [0.717, 1.165) is 29.5 Å². The molecule has 0 saturated carbocycles. The van der Waals surface area contributed by atoms with Crippen LogP contribution in [0, 0.1) is 3.57 Å². The average Bonchev–Trinajstić information content (AvgIpc) is 2.88. The van der Waals surface area contributed by atoms with Gasteiger partial charge in [0, 0.05) is 29.6 Å².